The molecular formula is C25H44N2O16. The van der Waals surface area contributed by atoms with Crippen molar-refractivity contribution in [2.45, 2.75) is 126 Å². The molecule has 3 fully saturated rings. The van der Waals surface area contributed by atoms with E-state index >= 15 is 0 Å². The molecule has 0 radical (unpaired) electrons. The summed E-state index contributed by atoms with van der Waals surface area (Å²) in [6.07, 6.45) is -20.5. The fourth-order valence-corrected chi connectivity index (χ4v) is 5.24. The summed E-state index contributed by atoms with van der Waals surface area (Å²) in [7, 11) is 0. The number of aliphatic hydroxyl groups excluding tert-OH is 8. The SMILES string of the molecule is CC(=O)N[C@H]1[C@H](O[C@H]2[C@H](O)[C@@H](NC(C)=O)[C@H](OC(C)C)O[C@@H]2CO)O[C@H](CO)[C@@H](O[C@@H]2O[C@H](CO)[C@H](O)[C@H](O)[C@H]2O)[C@@H]1O. The second-order valence-corrected chi connectivity index (χ2v) is 11.0. The van der Waals surface area contributed by atoms with E-state index < -0.39 is 130 Å². The minimum Gasteiger partial charge on any atom is -0.394 e. The van der Waals surface area contributed by atoms with Crippen LogP contribution in [0.15, 0.2) is 0 Å². The van der Waals surface area contributed by atoms with E-state index in [1.54, 1.807) is 13.8 Å². The summed E-state index contributed by atoms with van der Waals surface area (Å²) in [6, 6.07) is -2.62. The Morgan fingerprint density at radius 1 is 0.628 bits per heavy atom. The number of amides is 2. The van der Waals surface area contributed by atoms with Crippen molar-refractivity contribution in [3.8, 4) is 0 Å². The zero-order valence-corrected chi connectivity index (χ0v) is 24.2. The average Bonchev–Trinajstić information content (AvgIpc) is 2.94. The van der Waals surface area contributed by atoms with Gasteiger partial charge in [-0.1, -0.05) is 0 Å². The number of hydrogen-bond donors (Lipinski definition) is 10. The Balaban J connectivity index is 1.87. The molecule has 250 valence electrons. The zero-order valence-electron chi connectivity index (χ0n) is 24.2. The number of nitrogens with one attached hydrogen (secondary N) is 2. The minimum absolute atomic E-state index is 0.391. The summed E-state index contributed by atoms with van der Waals surface area (Å²) in [5.41, 5.74) is 0. The van der Waals surface area contributed by atoms with Gasteiger partial charge in [0, 0.05) is 13.8 Å². The quantitative estimate of drug-likeness (QED) is 0.102. The Bertz CT molecular complexity index is 912. The predicted octanol–water partition coefficient (Wildman–Crippen LogP) is -5.85. The molecule has 18 nitrogen and oxygen atoms in total. The van der Waals surface area contributed by atoms with Gasteiger partial charge in [-0.2, -0.15) is 0 Å². The van der Waals surface area contributed by atoms with Crippen LogP contribution >= 0.6 is 0 Å². The van der Waals surface area contributed by atoms with Crippen molar-refractivity contribution in [1.29, 1.82) is 0 Å². The van der Waals surface area contributed by atoms with Crippen LogP contribution in [0.2, 0.25) is 0 Å². The molecule has 3 aliphatic rings. The van der Waals surface area contributed by atoms with Crippen LogP contribution in [0.4, 0.5) is 0 Å². The fourth-order valence-electron chi connectivity index (χ4n) is 5.24. The minimum atomic E-state index is -1.84. The van der Waals surface area contributed by atoms with Crippen LogP contribution in [0.1, 0.15) is 27.7 Å². The van der Waals surface area contributed by atoms with Crippen LogP contribution in [-0.2, 0) is 38.0 Å². The van der Waals surface area contributed by atoms with E-state index in [4.69, 9.17) is 28.4 Å². The van der Waals surface area contributed by atoms with Gasteiger partial charge in [-0.25, -0.2) is 0 Å². The molecule has 3 rings (SSSR count). The molecule has 0 aliphatic carbocycles. The molecule has 2 amide bonds. The van der Waals surface area contributed by atoms with Gasteiger partial charge in [0.25, 0.3) is 0 Å². The molecule has 0 aromatic carbocycles. The number of aliphatic hydroxyl groups is 8. The maximum Gasteiger partial charge on any atom is 0.217 e. The number of ether oxygens (including phenoxy) is 6. The Morgan fingerprint density at radius 2 is 1.05 bits per heavy atom. The van der Waals surface area contributed by atoms with Gasteiger partial charge in [-0.15, -0.1) is 0 Å². The molecule has 0 aromatic rings. The summed E-state index contributed by atoms with van der Waals surface area (Å²) in [4.78, 5) is 24.0. The third-order valence-corrected chi connectivity index (χ3v) is 7.28. The Hall–Kier alpha value is -1.62. The van der Waals surface area contributed by atoms with Crippen molar-refractivity contribution >= 4 is 11.8 Å². The average molecular weight is 629 g/mol. The third-order valence-electron chi connectivity index (χ3n) is 7.28. The third kappa shape index (κ3) is 8.35. The molecule has 43 heavy (non-hydrogen) atoms. The molecule has 0 saturated carbocycles. The molecular weight excluding hydrogens is 584 g/mol. The molecule has 10 N–H and O–H groups in total. The van der Waals surface area contributed by atoms with E-state index in [9.17, 15) is 50.4 Å². The molecule has 0 aromatic heterocycles. The van der Waals surface area contributed by atoms with Crippen molar-refractivity contribution in [3.63, 3.8) is 0 Å². The van der Waals surface area contributed by atoms with Crippen LogP contribution < -0.4 is 10.6 Å². The van der Waals surface area contributed by atoms with E-state index in [0.717, 1.165) is 6.92 Å². The van der Waals surface area contributed by atoms with Gasteiger partial charge in [-0.3, -0.25) is 9.59 Å². The van der Waals surface area contributed by atoms with E-state index in [1.165, 1.54) is 6.92 Å². The molecule has 18 heteroatoms. The van der Waals surface area contributed by atoms with Gasteiger partial charge in [0.1, 0.15) is 73.1 Å². The first kappa shape index (κ1) is 35.9. The summed E-state index contributed by atoms with van der Waals surface area (Å²) in [6.45, 7) is 3.50. The number of carbonyl (C=O) groups excluding carboxylic acids is 2. The first-order valence-corrected chi connectivity index (χ1v) is 13.9. The van der Waals surface area contributed by atoms with Crippen LogP contribution in [0, 0.1) is 0 Å². The van der Waals surface area contributed by atoms with E-state index in [0.29, 0.717) is 0 Å². The normalized spacial score (nSPS) is 43.8. The standard InChI is InChI=1S/C25H44N2O16/c1-8(2)38-23-14(26-9(3)31)17(34)21(12(6-29)40-23)42-24-15(27-10(4)32)18(35)22(13(7-30)41-24)43-25-20(37)19(36)16(33)11(5-28)39-25/h8,11-25,28-30,33-37H,5-7H2,1-4H3,(H,26,31)(H,27,32)/t11-,12-,13-,14-,15-,16+,17-,18-,19+,20-,21-,22-,23-,24+,25+/m1/s1. The van der Waals surface area contributed by atoms with Gasteiger partial charge in [0.05, 0.1) is 25.9 Å². The highest BCUT2D eigenvalue weighted by Gasteiger charge is 2.54. The van der Waals surface area contributed by atoms with Crippen molar-refractivity contribution in [3.05, 3.63) is 0 Å². The number of rotatable bonds is 11. The van der Waals surface area contributed by atoms with Crippen LogP contribution in [0.5, 0.6) is 0 Å². The first-order valence-electron chi connectivity index (χ1n) is 13.9. The van der Waals surface area contributed by atoms with Gasteiger partial charge < -0.3 is 79.9 Å². The van der Waals surface area contributed by atoms with E-state index in [1.807, 2.05) is 0 Å². The summed E-state index contributed by atoms with van der Waals surface area (Å²) >= 11 is 0. The monoisotopic (exact) mass is 628 g/mol. The number of hydrogen-bond acceptors (Lipinski definition) is 16. The highest BCUT2D eigenvalue weighted by Crippen LogP contribution is 2.33. The Morgan fingerprint density at radius 3 is 1.49 bits per heavy atom. The lowest BCUT2D eigenvalue weighted by Gasteiger charge is -2.49. The molecule has 0 unspecified atom stereocenters. The second kappa shape index (κ2) is 15.6. The second-order valence-electron chi connectivity index (χ2n) is 11.0. The van der Waals surface area contributed by atoms with E-state index in [-0.39, 0.29) is 0 Å². The van der Waals surface area contributed by atoms with Crippen LogP contribution in [-0.4, -0.2) is 171 Å². The Kier molecular flexibility index (Phi) is 13.0. The smallest absolute Gasteiger partial charge is 0.217 e. The lowest BCUT2D eigenvalue weighted by molar-refractivity contribution is -0.362. The maximum atomic E-state index is 12.1. The summed E-state index contributed by atoms with van der Waals surface area (Å²) in [5.74, 6) is -1.18. The predicted molar refractivity (Wildman–Crippen MR) is 138 cm³/mol. The fraction of sp³-hybridized carbons (Fsp3) is 0.920. The molecule has 3 aliphatic heterocycles. The van der Waals surface area contributed by atoms with Gasteiger partial charge >= 0.3 is 0 Å². The zero-order chi connectivity index (χ0) is 32.2. The highest BCUT2D eigenvalue weighted by molar-refractivity contribution is 5.73. The molecule has 0 bridgehead atoms. The molecule has 15 atom stereocenters. The summed E-state index contributed by atoms with van der Waals surface area (Å²) in [5, 5.41) is 87.7. The first-order chi connectivity index (χ1) is 20.2. The van der Waals surface area contributed by atoms with Gasteiger partial charge in [-0.05, 0) is 13.8 Å². The highest BCUT2D eigenvalue weighted by atomic mass is 16.8. The largest absolute Gasteiger partial charge is 0.394 e. The Labute approximate surface area is 247 Å². The van der Waals surface area contributed by atoms with Gasteiger partial charge in [0.2, 0.25) is 11.8 Å². The van der Waals surface area contributed by atoms with Crippen molar-refractivity contribution < 1.29 is 78.9 Å². The maximum absolute atomic E-state index is 12.1. The van der Waals surface area contributed by atoms with E-state index in [2.05, 4.69) is 10.6 Å². The summed E-state index contributed by atoms with van der Waals surface area (Å²) < 4.78 is 34.3. The topological polar surface area (TPSA) is 275 Å². The van der Waals surface area contributed by atoms with Crippen LogP contribution in [0.25, 0.3) is 0 Å². The number of carbonyl (C=O) groups is 2. The lowest BCUT2D eigenvalue weighted by Crippen LogP contribution is -2.70. The van der Waals surface area contributed by atoms with Crippen molar-refractivity contribution in [1.82, 2.24) is 10.6 Å². The van der Waals surface area contributed by atoms with Crippen molar-refractivity contribution in [2.75, 3.05) is 19.8 Å². The lowest BCUT2D eigenvalue weighted by atomic mass is 9.94. The van der Waals surface area contributed by atoms with Gasteiger partial charge in [0.15, 0.2) is 18.9 Å². The molecule has 0 spiro atoms. The van der Waals surface area contributed by atoms with Crippen LogP contribution in [0.3, 0.4) is 0 Å². The molecule has 3 saturated heterocycles. The van der Waals surface area contributed by atoms with Crippen molar-refractivity contribution in [2.24, 2.45) is 0 Å². The molecule has 3 heterocycles.